The Morgan fingerprint density at radius 1 is 0.492 bits per heavy atom. The van der Waals surface area contributed by atoms with E-state index in [1.165, 1.54) is 141 Å². The summed E-state index contributed by atoms with van der Waals surface area (Å²) in [5, 5.41) is 11.0. The van der Waals surface area contributed by atoms with Gasteiger partial charge in [0.15, 0.2) is 0 Å². The zero-order chi connectivity index (χ0) is 46.2. The van der Waals surface area contributed by atoms with Gasteiger partial charge in [-0.05, 0) is 39.2 Å². The van der Waals surface area contributed by atoms with E-state index in [0.717, 1.165) is 44.1 Å². The number of rotatable bonds is 40. The van der Waals surface area contributed by atoms with Gasteiger partial charge in [-0.25, -0.2) is 9.59 Å². The first-order valence-electron chi connectivity index (χ1n) is 25.5. The molecule has 0 bridgehead atoms. The van der Waals surface area contributed by atoms with E-state index < -0.39 is 48.0 Å². The predicted octanol–water partition coefficient (Wildman–Crippen LogP) is 12.1. The number of ether oxygens (including phenoxy) is 2. The summed E-state index contributed by atoms with van der Waals surface area (Å²) in [4.78, 5) is 66.0. The Balaban J connectivity index is 2.66. The maximum absolute atomic E-state index is 13.5. The first-order valence-corrected chi connectivity index (χ1v) is 25.5. The highest BCUT2D eigenvalue weighted by Crippen LogP contribution is 2.15. The van der Waals surface area contributed by atoms with Crippen molar-refractivity contribution in [3.05, 3.63) is 35.9 Å². The number of unbranched alkanes of at least 4 members (excludes halogenated alkanes) is 26. The molecule has 1 rings (SSSR count). The minimum Gasteiger partial charge on any atom is -0.459 e. The molecule has 11 heteroatoms. The van der Waals surface area contributed by atoms with Gasteiger partial charge in [0.1, 0.15) is 24.3 Å². The molecule has 0 unspecified atom stereocenters. The normalized spacial score (nSPS) is 12.3. The molecule has 0 aliphatic rings. The van der Waals surface area contributed by atoms with Gasteiger partial charge in [-0.15, -0.1) is 0 Å². The highest BCUT2D eigenvalue weighted by atomic mass is 16.6. The molecule has 2 atom stereocenters. The number of alkyl carbamates (subject to hydrolysis) is 1. The summed E-state index contributed by atoms with van der Waals surface area (Å²) in [7, 11) is 0. The van der Waals surface area contributed by atoms with Crippen molar-refractivity contribution in [3.63, 3.8) is 0 Å². The minimum absolute atomic E-state index is 0.0580. The Labute approximate surface area is 383 Å². The molecule has 0 saturated carbocycles. The Hall–Kier alpha value is -3.63. The monoisotopic (exact) mass is 885 g/mol. The number of benzene rings is 1. The van der Waals surface area contributed by atoms with Crippen molar-refractivity contribution in [3.8, 4) is 0 Å². The lowest BCUT2D eigenvalue weighted by Crippen LogP contribution is -2.52. The van der Waals surface area contributed by atoms with Crippen LogP contribution in [0, 0.1) is 0 Å². The third-order valence-electron chi connectivity index (χ3n) is 11.3. The molecule has 63 heavy (non-hydrogen) atoms. The van der Waals surface area contributed by atoms with E-state index in [0.29, 0.717) is 13.1 Å². The maximum Gasteiger partial charge on any atom is 0.408 e. The molecule has 11 nitrogen and oxygen atoms in total. The molecule has 362 valence electrons. The van der Waals surface area contributed by atoms with E-state index in [4.69, 9.17) is 9.47 Å². The second kappa shape index (κ2) is 38.8. The lowest BCUT2D eigenvalue weighted by atomic mass is 10.0. The van der Waals surface area contributed by atoms with Crippen LogP contribution in [0.3, 0.4) is 0 Å². The number of esters is 1. The van der Waals surface area contributed by atoms with E-state index >= 15 is 0 Å². The third kappa shape index (κ3) is 35.4. The van der Waals surface area contributed by atoms with E-state index in [1.807, 2.05) is 18.2 Å². The molecule has 0 aliphatic carbocycles. The van der Waals surface area contributed by atoms with Gasteiger partial charge in [0.2, 0.25) is 17.7 Å². The van der Waals surface area contributed by atoms with E-state index in [9.17, 15) is 24.0 Å². The quantitative estimate of drug-likeness (QED) is 0.0378. The number of hydrogen-bond acceptors (Lipinski definition) is 7. The van der Waals surface area contributed by atoms with Crippen molar-refractivity contribution in [1.82, 2.24) is 21.3 Å². The zero-order valence-corrected chi connectivity index (χ0v) is 40.7. The number of hydrogen-bond donors (Lipinski definition) is 4. The minimum atomic E-state index is -1.39. The fourth-order valence-corrected chi connectivity index (χ4v) is 7.58. The summed E-state index contributed by atoms with van der Waals surface area (Å²) < 4.78 is 10.8. The average Bonchev–Trinajstić information content (AvgIpc) is 3.24. The van der Waals surface area contributed by atoms with Crippen LogP contribution in [0.25, 0.3) is 0 Å². The van der Waals surface area contributed by atoms with Crippen LogP contribution in [0.1, 0.15) is 233 Å². The molecular weight excluding hydrogens is 793 g/mol. The first kappa shape index (κ1) is 57.4. The first-order chi connectivity index (χ1) is 30.4. The van der Waals surface area contributed by atoms with Crippen LogP contribution in [-0.2, 0) is 35.3 Å². The van der Waals surface area contributed by atoms with Crippen LogP contribution >= 0.6 is 0 Å². The summed E-state index contributed by atoms with van der Waals surface area (Å²) in [6.07, 6.45) is 33.1. The van der Waals surface area contributed by atoms with Gasteiger partial charge in [-0.1, -0.05) is 211 Å². The fraction of sp³-hybridized carbons (Fsp3) is 0.788. The lowest BCUT2D eigenvalue weighted by Gasteiger charge is -2.23. The van der Waals surface area contributed by atoms with Gasteiger partial charge in [-0.3, -0.25) is 14.4 Å². The standard InChI is InChI=1S/C52H92N4O7/c1-6-8-10-12-14-16-18-20-22-24-26-28-30-35-39-53-47(57)41-45(49(59)54-40-36-31-29-27-25-23-21-19-17-15-13-11-9-7-2)55-48(58)42-46(56-51(61)63-52(3,4)5)50(60)62-43-44-37-33-32-34-38-44/h32-34,37-38,45-46H,6-31,35-36,39-43H2,1-5H3,(H,53,57)(H,54,59)(H,55,58)(H,56,61)/t45-,46-/m0/s1. The molecule has 0 radical (unpaired) electrons. The number of nitrogens with one attached hydrogen (secondary N) is 4. The molecule has 4 amide bonds. The SMILES string of the molecule is CCCCCCCCCCCCCCCCNC(=O)C[C@H](NC(=O)C[C@H](NC(=O)OC(C)(C)C)C(=O)OCc1ccccc1)C(=O)NCCCCCCCCCCCCCCCC. The molecule has 1 aromatic rings. The molecule has 0 aliphatic heterocycles. The Morgan fingerprint density at radius 2 is 0.889 bits per heavy atom. The number of amides is 4. The van der Waals surface area contributed by atoms with Gasteiger partial charge < -0.3 is 30.7 Å². The van der Waals surface area contributed by atoms with Crippen LogP contribution < -0.4 is 21.3 Å². The average molecular weight is 885 g/mol. The van der Waals surface area contributed by atoms with Gasteiger partial charge in [-0.2, -0.15) is 0 Å². The van der Waals surface area contributed by atoms with Crippen molar-refractivity contribution >= 4 is 29.8 Å². The summed E-state index contributed by atoms with van der Waals surface area (Å²) in [6, 6.07) is 6.50. The van der Waals surface area contributed by atoms with Crippen molar-refractivity contribution in [2.45, 2.75) is 252 Å². The molecule has 0 saturated heterocycles. The van der Waals surface area contributed by atoms with E-state index in [2.05, 4.69) is 35.1 Å². The van der Waals surface area contributed by atoms with Crippen molar-refractivity contribution < 1.29 is 33.4 Å². The van der Waals surface area contributed by atoms with Gasteiger partial charge in [0.25, 0.3) is 0 Å². The van der Waals surface area contributed by atoms with Crippen LogP contribution in [0.5, 0.6) is 0 Å². The Kier molecular flexibility index (Phi) is 35.3. The maximum atomic E-state index is 13.5. The van der Waals surface area contributed by atoms with Gasteiger partial charge in [0.05, 0.1) is 12.8 Å². The molecular formula is C52H92N4O7. The third-order valence-corrected chi connectivity index (χ3v) is 11.3. The van der Waals surface area contributed by atoms with Crippen LogP contribution in [-0.4, -0.2) is 60.6 Å². The smallest absolute Gasteiger partial charge is 0.408 e. The van der Waals surface area contributed by atoms with Crippen LogP contribution in [0.4, 0.5) is 4.79 Å². The second-order valence-electron chi connectivity index (χ2n) is 18.7. The second-order valence-corrected chi connectivity index (χ2v) is 18.7. The van der Waals surface area contributed by atoms with Crippen LogP contribution in [0.2, 0.25) is 0 Å². The van der Waals surface area contributed by atoms with Crippen molar-refractivity contribution in [2.24, 2.45) is 0 Å². The predicted molar refractivity (Wildman–Crippen MR) is 257 cm³/mol. The molecule has 0 aromatic heterocycles. The highest BCUT2D eigenvalue weighted by molar-refractivity contribution is 5.94. The molecule has 0 fully saturated rings. The topological polar surface area (TPSA) is 152 Å². The Morgan fingerprint density at radius 3 is 1.32 bits per heavy atom. The van der Waals surface area contributed by atoms with Crippen LogP contribution in [0.15, 0.2) is 30.3 Å². The molecule has 4 N–H and O–H groups in total. The zero-order valence-electron chi connectivity index (χ0n) is 40.7. The van der Waals surface area contributed by atoms with Crippen molar-refractivity contribution in [1.29, 1.82) is 0 Å². The molecule has 1 aromatic carbocycles. The summed E-state index contributed by atoms with van der Waals surface area (Å²) in [5.74, 6) is -2.32. The Bertz CT molecular complexity index is 1320. The number of carbonyl (C=O) groups excluding carboxylic acids is 5. The van der Waals surface area contributed by atoms with E-state index in [1.54, 1.807) is 32.9 Å². The summed E-state index contributed by atoms with van der Waals surface area (Å²) in [6.45, 7) is 10.4. The van der Waals surface area contributed by atoms with Gasteiger partial charge in [0, 0.05) is 13.1 Å². The summed E-state index contributed by atoms with van der Waals surface area (Å²) in [5.41, 5.74) is -0.108. The highest BCUT2D eigenvalue weighted by Gasteiger charge is 2.30. The van der Waals surface area contributed by atoms with E-state index in [-0.39, 0.29) is 18.9 Å². The molecule has 0 spiro atoms. The lowest BCUT2D eigenvalue weighted by molar-refractivity contribution is -0.149. The van der Waals surface area contributed by atoms with Crippen molar-refractivity contribution in [2.75, 3.05) is 13.1 Å². The number of carbonyl (C=O) groups is 5. The fourth-order valence-electron chi connectivity index (χ4n) is 7.58. The van der Waals surface area contributed by atoms with Gasteiger partial charge >= 0.3 is 12.1 Å². The summed E-state index contributed by atoms with van der Waals surface area (Å²) >= 11 is 0. The largest absolute Gasteiger partial charge is 0.459 e. The molecule has 0 heterocycles.